The van der Waals surface area contributed by atoms with Gasteiger partial charge in [-0.3, -0.25) is 0 Å². The van der Waals surface area contributed by atoms with Crippen molar-refractivity contribution < 1.29 is 17.6 Å². The summed E-state index contributed by atoms with van der Waals surface area (Å²) in [5.74, 6) is -2.35. The van der Waals surface area contributed by atoms with Crippen molar-refractivity contribution >= 4 is 10.9 Å². The minimum atomic E-state index is -4.43. The Kier molecular flexibility index (Phi) is 2.82. The fourth-order valence-corrected chi connectivity index (χ4v) is 1.84. The molecule has 1 atom stereocenters. The van der Waals surface area contributed by atoms with Crippen LogP contribution in [0.3, 0.4) is 0 Å². The summed E-state index contributed by atoms with van der Waals surface area (Å²) < 4.78 is 51.2. The number of nitrogens with one attached hydrogen (secondary N) is 1. The Morgan fingerprint density at radius 1 is 1.29 bits per heavy atom. The molecule has 0 amide bonds. The molecule has 3 N–H and O–H groups in total. The summed E-state index contributed by atoms with van der Waals surface area (Å²) in [4.78, 5) is 2.68. The summed E-state index contributed by atoms with van der Waals surface area (Å²) in [7, 11) is 0. The zero-order chi connectivity index (χ0) is 12.6. The molecule has 0 saturated carbocycles. The highest BCUT2D eigenvalue weighted by atomic mass is 19.4. The van der Waals surface area contributed by atoms with Gasteiger partial charge in [0.2, 0.25) is 0 Å². The first-order chi connectivity index (χ1) is 7.93. The Balaban J connectivity index is 2.58. The van der Waals surface area contributed by atoms with Gasteiger partial charge in [0, 0.05) is 23.6 Å². The zero-order valence-electron chi connectivity index (χ0n) is 8.68. The molecule has 0 spiro atoms. The van der Waals surface area contributed by atoms with Gasteiger partial charge in [0.15, 0.2) is 0 Å². The lowest BCUT2D eigenvalue weighted by molar-refractivity contribution is -0.147. The van der Waals surface area contributed by atoms with Crippen LogP contribution in [0.5, 0.6) is 0 Å². The van der Waals surface area contributed by atoms with Crippen LogP contribution in [0.1, 0.15) is 11.5 Å². The van der Waals surface area contributed by atoms with Gasteiger partial charge in [0.1, 0.15) is 5.82 Å². The number of benzene rings is 1. The van der Waals surface area contributed by atoms with Crippen molar-refractivity contribution in [2.24, 2.45) is 5.73 Å². The Morgan fingerprint density at radius 2 is 2.00 bits per heavy atom. The molecule has 1 aromatic heterocycles. The van der Waals surface area contributed by atoms with Gasteiger partial charge >= 0.3 is 6.18 Å². The van der Waals surface area contributed by atoms with Gasteiger partial charge in [0.25, 0.3) is 0 Å². The van der Waals surface area contributed by atoms with Crippen LogP contribution in [-0.2, 0) is 0 Å². The molecule has 2 nitrogen and oxygen atoms in total. The molecule has 17 heavy (non-hydrogen) atoms. The van der Waals surface area contributed by atoms with Crippen LogP contribution in [0, 0.1) is 5.82 Å². The molecule has 0 aliphatic carbocycles. The highest BCUT2D eigenvalue weighted by Crippen LogP contribution is 2.37. The van der Waals surface area contributed by atoms with Crippen LogP contribution in [0.2, 0.25) is 0 Å². The molecular weight excluding hydrogens is 236 g/mol. The van der Waals surface area contributed by atoms with Crippen molar-refractivity contribution in [2.45, 2.75) is 12.1 Å². The third-order valence-corrected chi connectivity index (χ3v) is 2.68. The lowest BCUT2D eigenvalue weighted by Gasteiger charge is -2.17. The Labute approximate surface area is 94.4 Å². The second-order valence-corrected chi connectivity index (χ2v) is 3.76. The molecule has 1 unspecified atom stereocenters. The first-order valence-corrected chi connectivity index (χ1v) is 4.97. The van der Waals surface area contributed by atoms with Crippen LogP contribution in [0.25, 0.3) is 10.9 Å². The lowest BCUT2D eigenvalue weighted by Crippen LogP contribution is -2.27. The number of H-pyrrole nitrogens is 1. The number of aromatic nitrogens is 1. The predicted molar refractivity (Wildman–Crippen MR) is 56.1 cm³/mol. The Bertz CT molecular complexity index is 530. The summed E-state index contributed by atoms with van der Waals surface area (Å²) in [6, 6.07) is 3.67. The van der Waals surface area contributed by atoms with Crippen LogP contribution in [0.4, 0.5) is 17.6 Å². The SMILES string of the molecule is NCC(c1c[nH]c2ccc(F)cc12)C(F)(F)F. The van der Waals surface area contributed by atoms with E-state index in [0.717, 1.165) is 6.07 Å². The highest BCUT2D eigenvalue weighted by Gasteiger charge is 2.40. The van der Waals surface area contributed by atoms with E-state index in [1.54, 1.807) is 0 Å². The Hall–Kier alpha value is -1.56. The summed E-state index contributed by atoms with van der Waals surface area (Å²) in [5.41, 5.74) is 5.59. The quantitative estimate of drug-likeness (QED) is 0.786. The maximum Gasteiger partial charge on any atom is 0.397 e. The average molecular weight is 246 g/mol. The lowest BCUT2D eigenvalue weighted by atomic mass is 9.98. The van der Waals surface area contributed by atoms with Crippen LogP contribution in [-0.4, -0.2) is 17.7 Å². The molecule has 2 aromatic rings. The highest BCUT2D eigenvalue weighted by molar-refractivity contribution is 5.83. The van der Waals surface area contributed by atoms with E-state index in [1.165, 1.54) is 18.3 Å². The smallest absolute Gasteiger partial charge is 0.361 e. The maximum absolute atomic E-state index is 13.0. The fourth-order valence-electron chi connectivity index (χ4n) is 1.84. The number of alkyl halides is 3. The third-order valence-electron chi connectivity index (χ3n) is 2.68. The third kappa shape index (κ3) is 2.12. The topological polar surface area (TPSA) is 41.8 Å². The van der Waals surface area contributed by atoms with Gasteiger partial charge in [-0.1, -0.05) is 0 Å². The number of hydrogen-bond acceptors (Lipinski definition) is 1. The van der Waals surface area contributed by atoms with Crippen molar-refractivity contribution in [3.63, 3.8) is 0 Å². The molecule has 92 valence electrons. The fraction of sp³-hybridized carbons (Fsp3) is 0.273. The second-order valence-electron chi connectivity index (χ2n) is 3.76. The normalized spacial score (nSPS) is 14.2. The number of nitrogens with two attached hydrogens (primary N) is 1. The van der Waals surface area contributed by atoms with Gasteiger partial charge < -0.3 is 10.7 Å². The van der Waals surface area contributed by atoms with Gasteiger partial charge in [-0.15, -0.1) is 0 Å². The number of rotatable bonds is 2. The average Bonchev–Trinajstić information content (AvgIpc) is 2.60. The summed E-state index contributed by atoms with van der Waals surface area (Å²) in [6.07, 6.45) is -3.20. The molecular formula is C11H10F4N2. The Morgan fingerprint density at radius 3 is 2.59 bits per heavy atom. The van der Waals surface area contributed by atoms with E-state index in [9.17, 15) is 17.6 Å². The van der Waals surface area contributed by atoms with Crippen molar-refractivity contribution in [1.29, 1.82) is 0 Å². The van der Waals surface area contributed by atoms with E-state index in [0.29, 0.717) is 5.52 Å². The molecule has 0 radical (unpaired) electrons. The van der Waals surface area contributed by atoms with E-state index in [-0.39, 0.29) is 10.9 Å². The van der Waals surface area contributed by atoms with Crippen molar-refractivity contribution in [3.05, 3.63) is 35.8 Å². The van der Waals surface area contributed by atoms with Crippen molar-refractivity contribution in [3.8, 4) is 0 Å². The van der Waals surface area contributed by atoms with E-state index in [1.807, 2.05) is 0 Å². The van der Waals surface area contributed by atoms with Crippen molar-refractivity contribution in [2.75, 3.05) is 6.54 Å². The monoisotopic (exact) mass is 246 g/mol. The maximum atomic E-state index is 13.0. The molecule has 6 heteroatoms. The van der Waals surface area contributed by atoms with Gasteiger partial charge in [0.05, 0.1) is 5.92 Å². The van der Waals surface area contributed by atoms with E-state index < -0.39 is 24.5 Å². The van der Waals surface area contributed by atoms with Gasteiger partial charge in [-0.2, -0.15) is 13.2 Å². The molecule has 1 heterocycles. The van der Waals surface area contributed by atoms with Crippen LogP contribution in [0.15, 0.2) is 24.4 Å². The van der Waals surface area contributed by atoms with Crippen LogP contribution < -0.4 is 5.73 Å². The first-order valence-electron chi connectivity index (χ1n) is 4.97. The summed E-state index contributed by atoms with van der Waals surface area (Å²) in [5, 5.41) is 0.220. The minimum Gasteiger partial charge on any atom is -0.361 e. The van der Waals surface area contributed by atoms with E-state index in [2.05, 4.69) is 4.98 Å². The van der Waals surface area contributed by atoms with E-state index in [4.69, 9.17) is 5.73 Å². The van der Waals surface area contributed by atoms with Gasteiger partial charge in [-0.25, -0.2) is 4.39 Å². The number of hydrogen-bond donors (Lipinski definition) is 2. The summed E-state index contributed by atoms with van der Waals surface area (Å²) >= 11 is 0. The molecule has 1 aromatic carbocycles. The number of halogens is 4. The molecule has 2 rings (SSSR count). The molecule has 0 saturated heterocycles. The molecule has 0 bridgehead atoms. The summed E-state index contributed by atoms with van der Waals surface area (Å²) in [6.45, 7) is -0.563. The van der Waals surface area contributed by atoms with Gasteiger partial charge in [-0.05, 0) is 23.8 Å². The second kappa shape index (κ2) is 4.03. The minimum absolute atomic E-state index is 0.0190. The largest absolute Gasteiger partial charge is 0.397 e. The zero-order valence-corrected chi connectivity index (χ0v) is 8.68. The first kappa shape index (κ1) is 11.9. The van der Waals surface area contributed by atoms with Crippen molar-refractivity contribution in [1.82, 2.24) is 4.98 Å². The van der Waals surface area contributed by atoms with Crippen LogP contribution >= 0.6 is 0 Å². The van der Waals surface area contributed by atoms with E-state index >= 15 is 0 Å². The molecule has 0 aliphatic heterocycles. The number of fused-ring (bicyclic) bond motifs is 1. The number of aromatic amines is 1. The molecule has 0 aliphatic rings. The molecule has 0 fully saturated rings. The predicted octanol–water partition coefficient (Wildman–Crippen LogP) is 2.91. The standard InChI is InChI=1S/C11H10F4N2/c12-6-1-2-10-7(3-6)8(5-17-10)9(4-16)11(13,14)15/h1-3,5,9,17H,4,16H2.